The number of rotatable bonds is 2. The van der Waals surface area contributed by atoms with Gasteiger partial charge in [0.1, 0.15) is 6.10 Å². The minimum Gasteiger partial charge on any atom is -0.365 e. The van der Waals surface area contributed by atoms with Crippen LogP contribution in [0, 0.1) is 6.92 Å². The molecule has 0 radical (unpaired) electrons. The van der Waals surface area contributed by atoms with Gasteiger partial charge in [-0.1, -0.05) is 24.3 Å². The molecule has 0 bridgehead atoms. The fourth-order valence-electron chi connectivity index (χ4n) is 2.36. The van der Waals surface area contributed by atoms with Gasteiger partial charge in [-0.3, -0.25) is 4.79 Å². The zero-order valence-electron chi connectivity index (χ0n) is 10.2. The van der Waals surface area contributed by atoms with Gasteiger partial charge in [-0.25, -0.2) is 0 Å². The summed E-state index contributed by atoms with van der Waals surface area (Å²) in [4.78, 5) is 13.3. The van der Waals surface area contributed by atoms with Crippen molar-refractivity contribution in [3.63, 3.8) is 0 Å². The number of ether oxygens (including phenoxy) is 1. The molecule has 0 fully saturated rings. The molecule has 1 aliphatic heterocycles. The van der Waals surface area contributed by atoms with Crippen molar-refractivity contribution < 1.29 is 9.53 Å². The van der Waals surface area contributed by atoms with Crippen molar-refractivity contribution in [2.75, 3.05) is 6.61 Å². The average Bonchev–Trinajstić information content (AvgIpc) is 2.83. The van der Waals surface area contributed by atoms with Crippen LogP contribution in [0.1, 0.15) is 32.5 Å². The quantitative estimate of drug-likeness (QED) is 0.770. The van der Waals surface area contributed by atoms with Crippen molar-refractivity contribution in [2.45, 2.75) is 19.4 Å². The molecule has 3 heteroatoms. The van der Waals surface area contributed by atoms with Crippen molar-refractivity contribution in [3.05, 3.63) is 57.3 Å². The number of aryl methyl sites for hydroxylation is 1. The van der Waals surface area contributed by atoms with Crippen molar-refractivity contribution in [1.82, 2.24) is 0 Å². The van der Waals surface area contributed by atoms with Crippen LogP contribution in [0.25, 0.3) is 0 Å². The molecule has 2 nitrogen and oxygen atoms in total. The van der Waals surface area contributed by atoms with E-state index in [1.165, 1.54) is 16.9 Å². The Morgan fingerprint density at radius 1 is 1.33 bits per heavy atom. The summed E-state index contributed by atoms with van der Waals surface area (Å²) in [5.74, 6) is 0.0923. The van der Waals surface area contributed by atoms with E-state index in [2.05, 4.69) is 6.07 Å². The topological polar surface area (TPSA) is 26.3 Å². The fraction of sp³-hybridized carbons (Fsp3) is 0.267. The van der Waals surface area contributed by atoms with Gasteiger partial charge in [0, 0.05) is 0 Å². The van der Waals surface area contributed by atoms with Gasteiger partial charge < -0.3 is 4.74 Å². The second-order valence-corrected chi connectivity index (χ2v) is 5.41. The maximum absolute atomic E-state index is 12.5. The number of carbonyl (C=O) groups is 1. The minimum atomic E-state index is -0.424. The highest BCUT2D eigenvalue weighted by Gasteiger charge is 2.29. The first kappa shape index (κ1) is 11.6. The van der Waals surface area contributed by atoms with Crippen LogP contribution in [-0.4, -0.2) is 12.4 Å². The molecule has 0 spiro atoms. The number of carbonyl (C=O) groups excluding carboxylic acids is 1. The summed E-state index contributed by atoms with van der Waals surface area (Å²) in [6.07, 6.45) is 0.468. The molecule has 2 aromatic rings. The Morgan fingerprint density at radius 3 is 2.94 bits per heavy atom. The van der Waals surface area contributed by atoms with E-state index in [0.717, 1.165) is 22.4 Å². The lowest BCUT2D eigenvalue weighted by molar-refractivity contribution is 0.0352. The fourth-order valence-corrected chi connectivity index (χ4v) is 3.24. The molecule has 1 aliphatic rings. The zero-order chi connectivity index (χ0) is 12.5. The summed E-state index contributed by atoms with van der Waals surface area (Å²) in [6.45, 7) is 2.59. The maximum Gasteiger partial charge on any atom is 0.206 e. The van der Waals surface area contributed by atoms with Gasteiger partial charge in [0.15, 0.2) is 0 Å². The Morgan fingerprint density at radius 2 is 2.17 bits per heavy atom. The highest BCUT2D eigenvalue weighted by Crippen LogP contribution is 2.32. The number of hydrogen-bond acceptors (Lipinski definition) is 3. The van der Waals surface area contributed by atoms with Crippen LogP contribution in [0.4, 0.5) is 0 Å². The molecule has 1 unspecified atom stereocenters. The van der Waals surface area contributed by atoms with Gasteiger partial charge in [0.2, 0.25) is 5.78 Å². The van der Waals surface area contributed by atoms with Gasteiger partial charge >= 0.3 is 0 Å². The first-order valence-electron chi connectivity index (χ1n) is 6.05. The van der Waals surface area contributed by atoms with Crippen LogP contribution < -0.4 is 0 Å². The third-order valence-electron chi connectivity index (χ3n) is 3.32. The van der Waals surface area contributed by atoms with E-state index in [4.69, 9.17) is 4.74 Å². The molecular formula is C15H14O2S. The molecule has 3 rings (SSSR count). The summed E-state index contributed by atoms with van der Waals surface area (Å²) < 4.78 is 5.70. The van der Waals surface area contributed by atoms with Crippen LogP contribution in [0.2, 0.25) is 0 Å². The van der Waals surface area contributed by atoms with Crippen molar-refractivity contribution in [3.8, 4) is 0 Å². The standard InChI is InChI=1S/C15H14O2S/c1-10-7-9-18-15(10)13(16)14-12-5-3-2-4-11(12)6-8-17-14/h2-5,7,9,14H,6,8H2,1H3. The third-order valence-corrected chi connectivity index (χ3v) is 4.35. The normalized spacial score (nSPS) is 18.4. The number of hydrogen-bond donors (Lipinski definition) is 0. The Balaban J connectivity index is 2.00. The molecular weight excluding hydrogens is 244 g/mol. The monoisotopic (exact) mass is 258 g/mol. The van der Waals surface area contributed by atoms with E-state index >= 15 is 0 Å². The van der Waals surface area contributed by atoms with E-state index < -0.39 is 6.10 Å². The molecule has 0 saturated heterocycles. The Bertz CT molecular complexity index is 586. The van der Waals surface area contributed by atoms with Gasteiger partial charge in [-0.05, 0) is 41.5 Å². The Hall–Kier alpha value is -1.45. The van der Waals surface area contributed by atoms with E-state index in [1.54, 1.807) is 0 Å². The van der Waals surface area contributed by atoms with Crippen LogP contribution in [0.5, 0.6) is 0 Å². The molecule has 0 aliphatic carbocycles. The molecule has 1 atom stereocenters. The molecule has 92 valence electrons. The molecule has 2 heterocycles. The van der Waals surface area contributed by atoms with Gasteiger partial charge in [0.05, 0.1) is 11.5 Å². The third kappa shape index (κ3) is 1.89. The highest BCUT2D eigenvalue weighted by molar-refractivity contribution is 7.12. The van der Waals surface area contributed by atoms with Crippen molar-refractivity contribution >= 4 is 17.1 Å². The first-order chi connectivity index (χ1) is 8.77. The molecule has 1 aromatic heterocycles. The number of benzene rings is 1. The Labute approximate surface area is 110 Å². The van der Waals surface area contributed by atoms with Crippen LogP contribution >= 0.6 is 11.3 Å². The molecule has 0 amide bonds. The lowest BCUT2D eigenvalue weighted by atomic mass is 9.94. The van der Waals surface area contributed by atoms with Gasteiger partial charge in [-0.15, -0.1) is 11.3 Å². The van der Waals surface area contributed by atoms with Crippen LogP contribution in [0.15, 0.2) is 35.7 Å². The van der Waals surface area contributed by atoms with Crippen molar-refractivity contribution in [1.29, 1.82) is 0 Å². The predicted octanol–water partition coefficient (Wildman–Crippen LogP) is 3.55. The van der Waals surface area contributed by atoms with Gasteiger partial charge in [-0.2, -0.15) is 0 Å². The number of ketones is 1. The zero-order valence-corrected chi connectivity index (χ0v) is 11.0. The second kappa shape index (κ2) is 4.67. The highest BCUT2D eigenvalue weighted by atomic mass is 32.1. The molecule has 0 saturated carbocycles. The molecule has 1 aromatic carbocycles. The molecule has 0 N–H and O–H groups in total. The molecule has 18 heavy (non-hydrogen) atoms. The maximum atomic E-state index is 12.5. The lowest BCUT2D eigenvalue weighted by Crippen LogP contribution is -2.23. The summed E-state index contributed by atoms with van der Waals surface area (Å²) in [6, 6.07) is 10.0. The summed E-state index contributed by atoms with van der Waals surface area (Å²) in [7, 11) is 0. The van der Waals surface area contributed by atoms with E-state index in [9.17, 15) is 4.79 Å². The van der Waals surface area contributed by atoms with E-state index in [1.807, 2.05) is 36.6 Å². The summed E-state index contributed by atoms with van der Waals surface area (Å²) in [5.41, 5.74) is 3.30. The lowest BCUT2D eigenvalue weighted by Gasteiger charge is -2.24. The van der Waals surface area contributed by atoms with E-state index in [-0.39, 0.29) is 5.78 Å². The predicted molar refractivity (Wildman–Crippen MR) is 72.2 cm³/mol. The van der Waals surface area contributed by atoms with Crippen LogP contribution in [0.3, 0.4) is 0 Å². The largest absolute Gasteiger partial charge is 0.365 e. The van der Waals surface area contributed by atoms with E-state index in [0.29, 0.717) is 6.61 Å². The SMILES string of the molecule is Cc1ccsc1C(=O)C1OCCc2ccccc21. The first-order valence-corrected chi connectivity index (χ1v) is 6.93. The van der Waals surface area contributed by atoms with Crippen LogP contribution in [-0.2, 0) is 11.2 Å². The number of thiophene rings is 1. The second-order valence-electron chi connectivity index (χ2n) is 4.50. The van der Waals surface area contributed by atoms with Gasteiger partial charge in [0.25, 0.3) is 0 Å². The van der Waals surface area contributed by atoms with Crippen molar-refractivity contribution in [2.24, 2.45) is 0 Å². The smallest absolute Gasteiger partial charge is 0.206 e. The number of fused-ring (bicyclic) bond motifs is 1. The Kier molecular flexibility index (Phi) is 3.02. The summed E-state index contributed by atoms with van der Waals surface area (Å²) in [5, 5.41) is 1.96. The minimum absolute atomic E-state index is 0.0923. The summed E-state index contributed by atoms with van der Waals surface area (Å²) >= 11 is 1.50. The number of Topliss-reactive ketones (excluding diaryl/α,β-unsaturated/α-hetero) is 1. The average molecular weight is 258 g/mol.